The van der Waals surface area contributed by atoms with Crippen LogP contribution in [0, 0.1) is 11.6 Å². The van der Waals surface area contributed by atoms with Crippen molar-refractivity contribution in [2.75, 3.05) is 0 Å². The quantitative estimate of drug-likeness (QED) is 0.907. The molecule has 0 saturated heterocycles. The summed E-state index contributed by atoms with van der Waals surface area (Å²) in [4.78, 5) is 3.62. The summed E-state index contributed by atoms with van der Waals surface area (Å²) >= 11 is 0. The highest BCUT2D eigenvalue weighted by Crippen LogP contribution is 2.27. The molecule has 4 heteroatoms. The molecule has 1 heterocycles. The predicted molar refractivity (Wildman–Crippen MR) is 63.9 cm³/mol. The first-order chi connectivity index (χ1) is 8.50. The molecule has 2 nitrogen and oxygen atoms in total. The van der Waals surface area contributed by atoms with E-state index in [1.165, 1.54) is 25.3 Å². The minimum Gasteiger partial charge on any atom is -0.385 e. The molecule has 0 spiro atoms. The molecule has 0 radical (unpaired) electrons. The number of pyridine rings is 1. The van der Waals surface area contributed by atoms with Crippen molar-refractivity contribution in [3.8, 4) is 0 Å². The summed E-state index contributed by atoms with van der Waals surface area (Å²) in [5, 5.41) is 10.3. The SMILES string of the molecule is CC(O)(Cc1ccccc1F)c1ccncc1F. The predicted octanol–water partition coefficient (Wildman–Crippen LogP) is 2.81. The van der Waals surface area contributed by atoms with E-state index < -0.39 is 17.2 Å². The van der Waals surface area contributed by atoms with Crippen LogP contribution in [0.25, 0.3) is 0 Å². The second-order valence-corrected chi connectivity index (χ2v) is 4.40. The Hall–Kier alpha value is -1.81. The van der Waals surface area contributed by atoms with Gasteiger partial charge in [0.25, 0.3) is 0 Å². The van der Waals surface area contributed by atoms with E-state index in [2.05, 4.69) is 4.98 Å². The number of halogens is 2. The number of hydrogen-bond donors (Lipinski definition) is 1. The van der Waals surface area contributed by atoms with Gasteiger partial charge in [-0.15, -0.1) is 0 Å². The van der Waals surface area contributed by atoms with Gasteiger partial charge in [0.1, 0.15) is 11.6 Å². The first-order valence-corrected chi connectivity index (χ1v) is 5.56. The minimum absolute atomic E-state index is 0.000602. The Kier molecular flexibility index (Phi) is 3.39. The molecule has 2 rings (SSSR count). The summed E-state index contributed by atoms with van der Waals surface area (Å²) in [7, 11) is 0. The highest BCUT2D eigenvalue weighted by Gasteiger charge is 2.27. The van der Waals surface area contributed by atoms with E-state index in [1.54, 1.807) is 18.2 Å². The third-order valence-corrected chi connectivity index (χ3v) is 2.85. The van der Waals surface area contributed by atoms with E-state index in [9.17, 15) is 13.9 Å². The lowest BCUT2D eigenvalue weighted by Crippen LogP contribution is -2.26. The molecule has 94 valence electrons. The van der Waals surface area contributed by atoms with Crippen LogP contribution in [-0.2, 0) is 12.0 Å². The molecule has 18 heavy (non-hydrogen) atoms. The summed E-state index contributed by atoms with van der Waals surface area (Å²) < 4.78 is 27.1. The van der Waals surface area contributed by atoms with E-state index in [0.717, 1.165) is 6.20 Å². The summed E-state index contributed by atoms with van der Waals surface area (Å²) in [6, 6.07) is 7.53. The molecular weight excluding hydrogens is 236 g/mol. The van der Waals surface area contributed by atoms with E-state index in [-0.39, 0.29) is 12.0 Å². The van der Waals surface area contributed by atoms with Gasteiger partial charge in [0.05, 0.1) is 11.8 Å². The van der Waals surface area contributed by atoms with Crippen LogP contribution in [0.15, 0.2) is 42.7 Å². The fraction of sp³-hybridized carbons (Fsp3) is 0.214. The number of aromatic nitrogens is 1. The van der Waals surface area contributed by atoms with Crippen LogP contribution in [0.3, 0.4) is 0 Å². The van der Waals surface area contributed by atoms with Crippen molar-refractivity contribution in [1.82, 2.24) is 4.98 Å². The van der Waals surface area contributed by atoms with Crippen LogP contribution in [0.1, 0.15) is 18.1 Å². The van der Waals surface area contributed by atoms with Gasteiger partial charge in [-0.25, -0.2) is 8.78 Å². The second-order valence-electron chi connectivity index (χ2n) is 4.40. The average molecular weight is 249 g/mol. The third-order valence-electron chi connectivity index (χ3n) is 2.85. The van der Waals surface area contributed by atoms with Crippen LogP contribution in [0.4, 0.5) is 8.78 Å². The Morgan fingerprint density at radius 3 is 2.56 bits per heavy atom. The molecule has 0 fully saturated rings. The van der Waals surface area contributed by atoms with Gasteiger partial charge in [0.15, 0.2) is 0 Å². The van der Waals surface area contributed by atoms with Crippen LogP contribution in [-0.4, -0.2) is 10.1 Å². The Morgan fingerprint density at radius 2 is 1.89 bits per heavy atom. The fourth-order valence-electron chi connectivity index (χ4n) is 1.92. The largest absolute Gasteiger partial charge is 0.385 e. The Labute approximate surface area is 104 Å². The molecule has 0 aliphatic rings. The molecule has 1 unspecified atom stereocenters. The van der Waals surface area contributed by atoms with E-state index in [0.29, 0.717) is 5.56 Å². The monoisotopic (exact) mass is 249 g/mol. The third kappa shape index (κ3) is 2.54. The topological polar surface area (TPSA) is 33.1 Å². The summed E-state index contributed by atoms with van der Waals surface area (Å²) in [5.74, 6) is -1.01. The van der Waals surface area contributed by atoms with Crippen molar-refractivity contribution in [3.05, 3.63) is 65.5 Å². The van der Waals surface area contributed by atoms with Gasteiger partial charge in [-0.2, -0.15) is 0 Å². The first kappa shape index (κ1) is 12.6. The standard InChI is InChI=1S/C14H13F2NO/c1-14(18,11-6-7-17-9-13(11)16)8-10-4-2-3-5-12(10)15/h2-7,9,18H,8H2,1H3. The summed E-state index contributed by atoms with van der Waals surface area (Å²) in [6.45, 7) is 1.46. The molecular formula is C14H13F2NO. The molecule has 0 aliphatic carbocycles. The van der Waals surface area contributed by atoms with Gasteiger partial charge in [-0.05, 0) is 24.6 Å². The molecule has 2 aromatic rings. The molecule has 0 aliphatic heterocycles. The highest BCUT2D eigenvalue weighted by atomic mass is 19.1. The first-order valence-electron chi connectivity index (χ1n) is 5.56. The lowest BCUT2D eigenvalue weighted by molar-refractivity contribution is 0.0527. The van der Waals surface area contributed by atoms with Crippen molar-refractivity contribution < 1.29 is 13.9 Å². The second kappa shape index (κ2) is 4.82. The smallest absolute Gasteiger partial charge is 0.147 e. The Bertz CT molecular complexity index is 555. The number of rotatable bonds is 3. The van der Waals surface area contributed by atoms with Crippen molar-refractivity contribution in [2.45, 2.75) is 18.9 Å². The molecule has 1 aromatic heterocycles. The fourth-order valence-corrected chi connectivity index (χ4v) is 1.92. The van der Waals surface area contributed by atoms with Gasteiger partial charge in [0, 0.05) is 18.2 Å². The average Bonchev–Trinajstić information content (AvgIpc) is 2.32. The summed E-state index contributed by atoms with van der Waals surface area (Å²) in [6.07, 6.45) is 2.43. The molecule has 1 N–H and O–H groups in total. The lowest BCUT2D eigenvalue weighted by atomic mass is 9.89. The van der Waals surface area contributed by atoms with Gasteiger partial charge < -0.3 is 5.11 Å². The zero-order valence-corrected chi connectivity index (χ0v) is 9.90. The van der Waals surface area contributed by atoms with E-state index >= 15 is 0 Å². The van der Waals surface area contributed by atoms with Crippen LogP contribution in [0.5, 0.6) is 0 Å². The van der Waals surface area contributed by atoms with Crippen LogP contribution < -0.4 is 0 Å². The zero-order chi connectivity index (χ0) is 13.2. The lowest BCUT2D eigenvalue weighted by Gasteiger charge is -2.24. The van der Waals surface area contributed by atoms with Gasteiger partial charge in [-0.1, -0.05) is 18.2 Å². The Balaban J connectivity index is 2.33. The molecule has 0 bridgehead atoms. The van der Waals surface area contributed by atoms with Crippen LogP contribution >= 0.6 is 0 Å². The number of aliphatic hydroxyl groups is 1. The maximum Gasteiger partial charge on any atom is 0.147 e. The molecule has 0 saturated carbocycles. The maximum absolute atomic E-state index is 13.6. The van der Waals surface area contributed by atoms with Crippen molar-refractivity contribution >= 4 is 0 Å². The van der Waals surface area contributed by atoms with Gasteiger partial charge in [0.2, 0.25) is 0 Å². The zero-order valence-electron chi connectivity index (χ0n) is 9.90. The highest BCUT2D eigenvalue weighted by molar-refractivity contribution is 5.26. The van der Waals surface area contributed by atoms with Gasteiger partial charge in [-0.3, -0.25) is 4.98 Å². The molecule has 0 amide bonds. The minimum atomic E-state index is -1.48. The number of nitrogens with zero attached hydrogens (tertiary/aromatic N) is 1. The van der Waals surface area contributed by atoms with Crippen LogP contribution in [0.2, 0.25) is 0 Å². The molecule has 1 atom stereocenters. The van der Waals surface area contributed by atoms with Crippen molar-refractivity contribution in [3.63, 3.8) is 0 Å². The van der Waals surface area contributed by atoms with Crippen molar-refractivity contribution in [1.29, 1.82) is 0 Å². The summed E-state index contributed by atoms with van der Waals surface area (Å²) in [5.41, 5.74) is -1.02. The molecule has 1 aromatic carbocycles. The maximum atomic E-state index is 13.6. The normalized spacial score (nSPS) is 14.2. The van der Waals surface area contributed by atoms with Gasteiger partial charge >= 0.3 is 0 Å². The number of hydrogen-bond acceptors (Lipinski definition) is 2. The van der Waals surface area contributed by atoms with Crippen molar-refractivity contribution in [2.24, 2.45) is 0 Å². The number of benzene rings is 1. The van der Waals surface area contributed by atoms with E-state index in [1.807, 2.05) is 0 Å². The Morgan fingerprint density at radius 1 is 1.17 bits per heavy atom. The van der Waals surface area contributed by atoms with E-state index in [4.69, 9.17) is 0 Å².